The van der Waals surface area contributed by atoms with Gasteiger partial charge in [0.05, 0.1) is 16.8 Å². The minimum Gasteiger partial charge on any atom is -0.490 e. The summed E-state index contributed by atoms with van der Waals surface area (Å²) in [6, 6.07) is 3.75. The maximum atomic E-state index is 11.6. The molecule has 0 fully saturated rings. The molecule has 5 nitrogen and oxygen atoms in total. The second-order valence-corrected chi connectivity index (χ2v) is 5.41. The van der Waals surface area contributed by atoms with Crippen LogP contribution in [-0.2, 0) is 9.53 Å². The van der Waals surface area contributed by atoms with Gasteiger partial charge in [-0.25, -0.2) is 9.79 Å². The fourth-order valence-corrected chi connectivity index (χ4v) is 2.67. The number of carbonyl (C=O) groups excluding carboxylic acids is 1. The van der Waals surface area contributed by atoms with E-state index < -0.39 is 5.97 Å². The van der Waals surface area contributed by atoms with Gasteiger partial charge in [0.15, 0.2) is 23.1 Å². The minimum atomic E-state index is -0.436. The maximum Gasteiger partial charge on any atom is 0.363 e. The Morgan fingerprint density at radius 1 is 1.29 bits per heavy atom. The van der Waals surface area contributed by atoms with Crippen molar-refractivity contribution in [1.82, 2.24) is 0 Å². The Morgan fingerprint density at radius 3 is 2.57 bits per heavy atom. The van der Waals surface area contributed by atoms with E-state index in [0.717, 1.165) is 14.9 Å². The van der Waals surface area contributed by atoms with Crippen LogP contribution in [-0.4, -0.2) is 25.1 Å². The molecular weight excluding hydrogens is 385 g/mol. The normalized spacial score (nSPS) is 15.9. The number of hydrogen-bond acceptors (Lipinski definition) is 5. The molecule has 0 saturated carbocycles. The maximum absolute atomic E-state index is 11.6. The van der Waals surface area contributed by atoms with Crippen molar-refractivity contribution >= 4 is 40.5 Å². The Morgan fingerprint density at radius 2 is 2.00 bits per heavy atom. The number of cyclic esters (lactones) is 1. The van der Waals surface area contributed by atoms with E-state index >= 15 is 0 Å². The van der Waals surface area contributed by atoms with Gasteiger partial charge in [-0.1, -0.05) is 0 Å². The minimum absolute atomic E-state index is 0.287. The molecule has 1 heterocycles. The van der Waals surface area contributed by atoms with Gasteiger partial charge in [-0.2, -0.15) is 0 Å². The quantitative estimate of drug-likeness (QED) is 0.431. The number of esters is 1. The predicted molar refractivity (Wildman–Crippen MR) is 88.7 cm³/mol. The standard InChI is InChI=1S/C15H16INO4/c1-4-19-13-8-10(6-11(16)14(13)20-5-2)7-12-15(18)21-9(3)17-12/h6-8H,4-5H2,1-3H3/b12-7+. The van der Waals surface area contributed by atoms with Gasteiger partial charge in [0.1, 0.15) is 0 Å². The Labute approximate surface area is 137 Å². The molecule has 6 heteroatoms. The molecule has 2 rings (SSSR count). The molecule has 0 saturated heterocycles. The van der Waals surface area contributed by atoms with Gasteiger partial charge in [-0.3, -0.25) is 0 Å². The molecule has 112 valence electrons. The Kier molecular flexibility index (Phi) is 5.22. The summed E-state index contributed by atoms with van der Waals surface area (Å²) in [6.45, 7) is 6.58. The van der Waals surface area contributed by atoms with Crippen molar-refractivity contribution in [2.75, 3.05) is 13.2 Å². The van der Waals surface area contributed by atoms with Crippen molar-refractivity contribution in [2.24, 2.45) is 4.99 Å². The summed E-state index contributed by atoms with van der Waals surface area (Å²) in [5.74, 6) is 1.30. The molecule has 1 aromatic rings. The number of benzene rings is 1. The lowest BCUT2D eigenvalue weighted by atomic mass is 10.1. The molecule has 1 aromatic carbocycles. The lowest BCUT2D eigenvalue weighted by molar-refractivity contribution is -0.130. The first kappa shape index (κ1) is 15.8. The van der Waals surface area contributed by atoms with E-state index in [9.17, 15) is 4.79 Å². The molecule has 0 aromatic heterocycles. The summed E-state index contributed by atoms with van der Waals surface area (Å²) >= 11 is 2.18. The molecule has 0 radical (unpaired) electrons. The number of halogens is 1. The summed E-state index contributed by atoms with van der Waals surface area (Å²) in [4.78, 5) is 15.7. The second kappa shape index (κ2) is 6.93. The Balaban J connectivity index is 2.42. The highest BCUT2D eigenvalue weighted by Crippen LogP contribution is 2.35. The second-order valence-electron chi connectivity index (χ2n) is 4.25. The van der Waals surface area contributed by atoms with E-state index in [4.69, 9.17) is 14.2 Å². The zero-order chi connectivity index (χ0) is 15.4. The van der Waals surface area contributed by atoms with Crippen molar-refractivity contribution in [3.05, 3.63) is 27.0 Å². The fraction of sp³-hybridized carbons (Fsp3) is 0.333. The third kappa shape index (κ3) is 3.75. The highest BCUT2D eigenvalue weighted by Gasteiger charge is 2.20. The highest BCUT2D eigenvalue weighted by molar-refractivity contribution is 14.1. The van der Waals surface area contributed by atoms with Gasteiger partial charge < -0.3 is 14.2 Å². The third-order valence-electron chi connectivity index (χ3n) is 2.65. The summed E-state index contributed by atoms with van der Waals surface area (Å²) in [6.07, 6.45) is 1.68. The summed E-state index contributed by atoms with van der Waals surface area (Å²) < 4.78 is 17.0. The molecule has 0 spiro atoms. The van der Waals surface area contributed by atoms with Crippen LogP contribution in [0.2, 0.25) is 0 Å². The van der Waals surface area contributed by atoms with Crippen molar-refractivity contribution in [3.63, 3.8) is 0 Å². The molecule has 0 aliphatic carbocycles. The third-order valence-corrected chi connectivity index (χ3v) is 3.45. The van der Waals surface area contributed by atoms with Gasteiger partial charge in [-0.05, 0) is 60.2 Å². The first-order valence-electron chi connectivity index (χ1n) is 6.63. The Bertz CT molecular complexity index is 622. The summed E-state index contributed by atoms with van der Waals surface area (Å²) in [7, 11) is 0. The average molecular weight is 401 g/mol. The van der Waals surface area contributed by atoms with Crippen LogP contribution in [0.3, 0.4) is 0 Å². The average Bonchev–Trinajstić information content (AvgIpc) is 2.72. The molecule has 0 bridgehead atoms. The van der Waals surface area contributed by atoms with Gasteiger partial charge in [0, 0.05) is 6.92 Å². The van der Waals surface area contributed by atoms with Crippen molar-refractivity contribution in [3.8, 4) is 11.5 Å². The van der Waals surface area contributed by atoms with Crippen molar-refractivity contribution in [1.29, 1.82) is 0 Å². The molecule has 0 N–H and O–H groups in total. The van der Waals surface area contributed by atoms with Gasteiger partial charge in [0.25, 0.3) is 0 Å². The molecular formula is C15H16INO4. The molecule has 0 unspecified atom stereocenters. The van der Waals surface area contributed by atoms with Crippen LogP contribution in [0.1, 0.15) is 26.3 Å². The first-order chi connectivity index (χ1) is 10.0. The summed E-state index contributed by atoms with van der Waals surface area (Å²) in [5, 5.41) is 0. The van der Waals surface area contributed by atoms with Crippen LogP contribution < -0.4 is 9.47 Å². The van der Waals surface area contributed by atoms with Crippen LogP contribution in [0, 0.1) is 3.57 Å². The first-order valence-corrected chi connectivity index (χ1v) is 7.71. The van der Waals surface area contributed by atoms with E-state index in [2.05, 4.69) is 27.6 Å². The smallest absolute Gasteiger partial charge is 0.363 e. The van der Waals surface area contributed by atoms with E-state index in [-0.39, 0.29) is 5.70 Å². The largest absolute Gasteiger partial charge is 0.490 e. The number of aliphatic imine (C=N–C) groups is 1. The zero-order valence-electron chi connectivity index (χ0n) is 12.1. The fourth-order valence-electron chi connectivity index (χ4n) is 1.89. The SMILES string of the molecule is CCOc1cc(/C=C2/N=C(C)OC2=O)cc(I)c1OCC. The number of hydrogen-bond donors (Lipinski definition) is 0. The molecule has 0 atom stereocenters. The van der Waals surface area contributed by atoms with E-state index in [1.165, 1.54) is 0 Å². The van der Waals surface area contributed by atoms with Crippen molar-refractivity contribution < 1.29 is 19.0 Å². The van der Waals surface area contributed by atoms with Crippen molar-refractivity contribution in [2.45, 2.75) is 20.8 Å². The lowest BCUT2D eigenvalue weighted by Gasteiger charge is -2.13. The number of rotatable bonds is 5. The number of carbonyl (C=O) groups is 1. The monoisotopic (exact) mass is 401 g/mol. The zero-order valence-corrected chi connectivity index (χ0v) is 14.3. The number of ether oxygens (including phenoxy) is 3. The topological polar surface area (TPSA) is 57.1 Å². The summed E-state index contributed by atoms with van der Waals surface area (Å²) in [5.41, 5.74) is 1.10. The van der Waals surface area contributed by atoms with Crippen LogP contribution in [0.25, 0.3) is 6.08 Å². The lowest BCUT2D eigenvalue weighted by Crippen LogP contribution is -2.02. The van der Waals surface area contributed by atoms with Gasteiger partial charge in [-0.15, -0.1) is 0 Å². The van der Waals surface area contributed by atoms with E-state index in [0.29, 0.717) is 24.9 Å². The van der Waals surface area contributed by atoms with Crippen LogP contribution >= 0.6 is 22.6 Å². The Hall–Kier alpha value is -1.57. The van der Waals surface area contributed by atoms with E-state index in [1.54, 1.807) is 13.0 Å². The molecule has 1 aliphatic rings. The van der Waals surface area contributed by atoms with Gasteiger partial charge in [0.2, 0.25) is 0 Å². The molecule has 0 amide bonds. The molecule has 1 aliphatic heterocycles. The predicted octanol–water partition coefficient (Wildman–Crippen LogP) is 3.40. The van der Waals surface area contributed by atoms with Crippen LogP contribution in [0.4, 0.5) is 0 Å². The van der Waals surface area contributed by atoms with Gasteiger partial charge >= 0.3 is 5.97 Å². The molecule has 21 heavy (non-hydrogen) atoms. The van der Waals surface area contributed by atoms with Crippen LogP contribution in [0.15, 0.2) is 22.8 Å². The highest BCUT2D eigenvalue weighted by atomic mass is 127. The number of nitrogens with zero attached hydrogens (tertiary/aromatic N) is 1. The van der Waals surface area contributed by atoms with E-state index in [1.807, 2.05) is 26.0 Å². The van der Waals surface area contributed by atoms with Crippen LogP contribution in [0.5, 0.6) is 11.5 Å².